The Morgan fingerprint density at radius 1 is 1.36 bits per heavy atom. The molecule has 7 heteroatoms. The maximum atomic E-state index is 11.8. The topological polar surface area (TPSA) is 66.0 Å². The number of nitrogens with one attached hydrogen (secondary N) is 2. The van der Waals surface area contributed by atoms with E-state index in [-0.39, 0.29) is 42.5 Å². The summed E-state index contributed by atoms with van der Waals surface area (Å²) in [5, 5.41) is 6.39. The van der Waals surface area contributed by atoms with Crippen molar-refractivity contribution < 1.29 is 9.53 Å². The van der Waals surface area contributed by atoms with Crippen molar-refractivity contribution in [1.82, 2.24) is 15.5 Å². The number of halogens is 1. The second kappa shape index (κ2) is 11.3. The number of rotatable bonds is 6. The third kappa shape index (κ3) is 8.04. The molecular weight excluding hydrogens is 431 g/mol. The largest absolute Gasteiger partial charge is 0.376 e. The van der Waals surface area contributed by atoms with Crippen LogP contribution in [0.4, 0.5) is 0 Å². The first kappa shape index (κ1) is 21.7. The molecule has 1 aliphatic heterocycles. The summed E-state index contributed by atoms with van der Waals surface area (Å²) in [4.78, 5) is 17.9. The Morgan fingerprint density at radius 2 is 2.16 bits per heavy atom. The van der Waals surface area contributed by atoms with Gasteiger partial charge in [-0.15, -0.1) is 24.0 Å². The molecule has 0 saturated carbocycles. The molecule has 140 valence electrons. The molecule has 0 spiro atoms. The molecule has 1 aliphatic rings. The van der Waals surface area contributed by atoms with Crippen LogP contribution in [-0.2, 0) is 16.1 Å². The van der Waals surface area contributed by atoms with E-state index in [2.05, 4.69) is 40.7 Å². The minimum Gasteiger partial charge on any atom is -0.376 e. The summed E-state index contributed by atoms with van der Waals surface area (Å²) in [6.07, 6.45) is 2.39. The van der Waals surface area contributed by atoms with Crippen LogP contribution in [0.2, 0.25) is 0 Å². The number of likely N-dealkylation sites (N-methyl/N-ethyl adjacent to an activating group) is 1. The Balaban J connectivity index is 0.00000312. The van der Waals surface area contributed by atoms with Crippen LogP contribution in [0, 0.1) is 6.92 Å². The highest BCUT2D eigenvalue weighted by Gasteiger charge is 2.16. The molecule has 1 aromatic carbocycles. The van der Waals surface area contributed by atoms with Gasteiger partial charge in [-0.05, 0) is 25.3 Å². The lowest BCUT2D eigenvalue weighted by Gasteiger charge is -2.17. The molecule has 1 atom stereocenters. The van der Waals surface area contributed by atoms with Gasteiger partial charge < -0.3 is 20.3 Å². The lowest BCUT2D eigenvalue weighted by Crippen LogP contribution is -2.45. The van der Waals surface area contributed by atoms with E-state index in [0.717, 1.165) is 25.0 Å². The number of nitrogens with zero attached hydrogens (tertiary/aromatic N) is 2. The van der Waals surface area contributed by atoms with Crippen molar-refractivity contribution in [2.45, 2.75) is 32.4 Å². The zero-order valence-electron chi connectivity index (χ0n) is 15.2. The van der Waals surface area contributed by atoms with Crippen LogP contribution in [0.5, 0.6) is 0 Å². The molecule has 1 unspecified atom stereocenters. The predicted octanol–water partition coefficient (Wildman–Crippen LogP) is 1.92. The summed E-state index contributed by atoms with van der Waals surface area (Å²) in [7, 11) is 3.49. The van der Waals surface area contributed by atoms with E-state index in [0.29, 0.717) is 19.0 Å². The summed E-state index contributed by atoms with van der Waals surface area (Å²) in [5.74, 6) is 0.652. The minimum atomic E-state index is 0. The van der Waals surface area contributed by atoms with Crippen molar-refractivity contribution in [1.29, 1.82) is 0 Å². The summed E-state index contributed by atoms with van der Waals surface area (Å²) in [5.41, 5.74) is 2.36. The van der Waals surface area contributed by atoms with Gasteiger partial charge in [-0.3, -0.25) is 4.79 Å². The van der Waals surface area contributed by atoms with Gasteiger partial charge in [0.05, 0.1) is 19.2 Å². The normalized spacial score (nSPS) is 16.9. The van der Waals surface area contributed by atoms with E-state index in [1.807, 2.05) is 6.07 Å². The molecule has 1 heterocycles. The summed E-state index contributed by atoms with van der Waals surface area (Å²) >= 11 is 0. The van der Waals surface area contributed by atoms with Gasteiger partial charge >= 0.3 is 0 Å². The fraction of sp³-hybridized carbons (Fsp3) is 0.556. The Bertz CT molecular complexity index is 572. The number of aryl methyl sites for hydroxylation is 1. The highest BCUT2D eigenvalue weighted by atomic mass is 127. The molecule has 0 radical (unpaired) electrons. The maximum absolute atomic E-state index is 11.8. The third-order valence-corrected chi connectivity index (χ3v) is 3.93. The van der Waals surface area contributed by atoms with Crippen LogP contribution in [0.15, 0.2) is 29.3 Å². The molecule has 0 bridgehead atoms. The van der Waals surface area contributed by atoms with Gasteiger partial charge in [-0.1, -0.05) is 29.8 Å². The number of aliphatic imine (C=N–C) groups is 1. The highest BCUT2D eigenvalue weighted by molar-refractivity contribution is 14.0. The average molecular weight is 460 g/mol. The lowest BCUT2D eigenvalue weighted by molar-refractivity contribution is -0.127. The number of carbonyl (C=O) groups excluding carboxylic acids is 1. The molecular formula is C18H29IN4O2. The first-order valence-corrected chi connectivity index (χ1v) is 8.44. The summed E-state index contributed by atoms with van der Waals surface area (Å²) in [6, 6.07) is 8.27. The van der Waals surface area contributed by atoms with Crippen LogP contribution in [0.3, 0.4) is 0 Å². The van der Waals surface area contributed by atoms with Gasteiger partial charge in [0, 0.05) is 27.2 Å². The number of hydrogen-bond donors (Lipinski definition) is 2. The number of hydrogen-bond acceptors (Lipinski definition) is 3. The highest BCUT2D eigenvalue weighted by Crippen LogP contribution is 2.10. The lowest BCUT2D eigenvalue weighted by atomic mass is 10.1. The number of ether oxygens (including phenoxy) is 1. The van der Waals surface area contributed by atoms with E-state index >= 15 is 0 Å². The number of carbonyl (C=O) groups is 1. The van der Waals surface area contributed by atoms with Crippen molar-refractivity contribution in [3.8, 4) is 0 Å². The number of amides is 1. The first-order chi connectivity index (χ1) is 11.5. The smallest absolute Gasteiger partial charge is 0.241 e. The Hall–Kier alpha value is -1.35. The predicted molar refractivity (Wildman–Crippen MR) is 111 cm³/mol. The van der Waals surface area contributed by atoms with Crippen LogP contribution in [0.25, 0.3) is 0 Å². The van der Waals surface area contributed by atoms with Gasteiger partial charge in [0.2, 0.25) is 5.91 Å². The second-order valence-electron chi connectivity index (χ2n) is 6.31. The zero-order valence-corrected chi connectivity index (χ0v) is 17.6. The van der Waals surface area contributed by atoms with E-state index in [1.165, 1.54) is 5.56 Å². The molecule has 1 amide bonds. The van der Waals surface area contributed by atoms with E-state index in [1.54, 1.807) is 19.0 Å². The van der Waals surface area contributed by atoms with Crippen molar-refractivity contribution in [3.05, 3.63) is 35.4 Å². The first-order valence-electron chi connectivity index (χ1n) is 8.44. The van der Waals surface area contributed by atoms with Gasteiger partial charge in [-0.25, -0.2) is 4.99 Å². The molecule has 0 aliphatic carbocycles. The van der Waals surface area contributed by atoms with Crippen molar-refractivity contribution in [3.63, 3.8) is 0 Å². The SMILES string of the molecule is Cc1cccc(CN=C(NCC(=O)N(C)C)NCC2CCCO2)c1.I. The standard InChI is InChI=1S/C18H28N4O2.HI/c1-14-6-4-7-15(10-14)11-19-18(21-13-17(23)22(2)3)20-12-16-8-5-9-24-16;/h4,6-7,10,16H,5,8-9,11-13H2,1-3H3,(H2,19,20,21);1H. The Kier molecular flexibility index (Phi) is 9.81. The maximum Gasteiger partial charge on any atom is 0.241 e. The van der Waals surface area contributed by atoms with Crippen molar-refractivity contribution >= 4 is 35.8 Å². The number of benzene rings is 1. The summed E-state index contributed by atoms with van der Waals surface area (Å²) < 4.78 is 5.63. The fourth-order valence-electron chi connectivity index (χ4n) is 2.49. The Morgan fingerprint density at radius 3 is 2.80 bits per heavy atom. The fourth-order valence-corrected chi connectivity index (χ4v) is 2.49. The van der Waals surface area contributed by atoms with Gasteiger partial charge in [0.1, 0.15) is 0 Å². The third-order valence-electron chi connectivity index (χ3n) is 3.93. The molecule has 1 fully saturated rings. The molecule has 25 heavy (non-hydrogen) atoms. The molecule has 2 rings (SSSR count). The van der Waals surface area contributed by atoms with Gasteiger partial charge in [-0.2, -0.15) is 0 Å². The average Bonchev–Trinajstić information content (AvgIpc) is 3.07. The van der Waals surface area contributed by atoms with E-state index in [9.17, 15) is 4.79 Å². The summed E-state index contributed by atoms with van der Waals surface area (Å²) in [6.45, 7) is 4.39. The molecule has 2 N–H and O–H groups in total. The van der Waals surface area contributed by atoms with Crippen LogP contribution >= 0.6 is 24.0 Å². The molecule has 0 aromatic heterocycles. The van der Waals surface area contributed by atoms with Crippen LogP contribution in [0.1, 0.15) is 24.0 Å². The quantitative estimate of drug-likeness (QED) is 0.387. The second-order valence-corrected chi connectivity index (χ2v) is 6.31. The van der Waals surface area contributed by atoms with Gasteiger partial charge in [0.25, 0.3) is 0 Å². The molecule has 1 saturated heterocycles. The monoisotopic (exact) mass is 460 g/mol. The van der Waals surface area contributed by atoms with E-state index < -0.39 is 0 Å². The van der Waals surface area contributed by atoms with Gasteiger partial charge in [0.15, 0.2) is 5.96 Å². The molecule has 1 aromatic rings. The van der Waals surface area contributed by atoms with Crippen molar-refractivity contribution in [2.75, 3.05) is 33.8 Å². The molecule has 6 nitrogen and oxygen atoms in total. The Labute approximate surface area is 167 Å². The van der Waals surface area contributed by atoms with Crippen LogP contribution in [-0.4, -0.2) is 56.7 Å². The van der Waals surface area contributed by atoms with E-state index in [4.69, 9.17) is 4.74 Å². The van der Waals surface area contributed by atoms with Crippen molar-refractivity contribution in [2.24, 2.45) is 4.99 Å². The minimum absolute atomic E-state index is 0. The number of guanidine groups is 1. The van der Waals surface area contributed by atoms with Crippen LogP contribution < -0.4 is 10.6 Å². The zero-order chi connectivity index (χ0) is 17.4.